The lowest BCUT2D eigenvalue weighted by atomic mass is 10.0. The predicted molar refractivity (Wildman–Crippen MR) is 68.7 cm³/mol. The molecule has 0 unspecified atom stereocenters. The van der Waals surface area contributed by atoms with Crippen molar-refractivity contribution in [2.45, 2.75) is 31.7 Å². The van der Waals surface area contributed by atoms with Crippen LogP contribution in [0.3, 0.4) is 0 Å². The van der Waals surface area contributed by atoms with Gasteiger partial charge < -0.3 is 14.7 Å². The first-order valence-electron chi connectivity index (χ1n) is 7.18. The number of carbonyl (C=O) groups is 2. The van der Waals surface area contributed by atoms with Gasteiger partial charge in [-0.2, -0.15) is 0 Å². The zero-order chi connectivity index (χ0) is 13.7. The van der Waals surface area contributed by atoms with E-state index in [1.54, 1.807) is 11.0 Å². The first-order valence-corrected chi connectivity index (χ1v) is 7.18. The summed E-state index contributed by atoms with van der Waals surface area (Å²) in [5.74, 6) is 0.436. The van der Waals surface area contributed by atoms with Gasteiger partial charge in [0.15, 0.2) is 0 Å². The molecule has 2 saturated carbocycles. The molecule has 6 heteroatoms. The normalized spacial score (nSPS) is 31.6. The third kappa shape index (κ3) is 1.90. The van der Waals surface area contributed by atoms with Gasteiger partial charge in [0.25, 0.3) is 5.91 Å². The molecule has 2 atom stereocenters. The van der Waals surface area contributed by atoms with Gasteiger partial charge in [-0.3, -0.25) is 9.59 Å². The molecule has 4 rings (SSSR count). The first kappa shape index (κ1) is 11.9. The Balaban J connectivity index is 1.39. The Kier molecular flexibility index (Phi) is 2.43. The van der Waals surface area contributed by atoms with Crippen LogP contribution in [-0.4, -0.2) is 41.0 Å². The average molecular weight is 275 g/mol. The molecular formula is C14H17N3O3. The van der Waals surface area contributed by atoms with Crippen molar-refractivity contribution in [1.82, 2.24) is 15.4 Å². The lowest BCUT2D eigenvalue weighted by Gasteiger charge is -2.14. The molecule has 20 heavy (non-hydrogen) atoms. The average Bonchev–Trinajstić information content (AvgIpc) is 3.23. The minimum atomic E-state index is -0.118. The van der Waals surface area contributed by atoms with Crippen molar-refractivity contribution in [3.05, 3.63) is 18.0 Å². The van der Waals surface area contributed by atoms with Crippen molar-refractivity contribution < 1.29 is 14.1 Å². The number of likely N-dealkylation sites (tertiary alicyclic amines) is 1. The summed E-state index contributed by atoms with van der Waals surface area (Å²) in [6, 6.07) is 1.99. The highest BCUT2D eigenvalue weighted by molar-refractivity contribution is 5.92. The van der Waals surface area contributed by atoms with E-state index < -0.39 is 0 Å². The molecule has 106 valence electrons. The summed E-state index contributed by atoms with van der Waals surface area (Å²) in [6.07, 6.45) is 5.52. The number of hydrogen-bond donors (Lipinski definition) is 1. The van der Waals surface area contributed by atoms with Crippen LogP contribution in [0.2, 0.25) is 0 Å². The molecule has 2 aliphatic carbocycles. The third-order valence-electron chi connectivity index (χ3n) is 4.75. The standard InChI is InChI=1S/C14H17N3O3/c18-12(16-9-1-2-9)10-7-14(10)4-6-17(8-14)13(19)11-3-5-15-20-11/h3,5,9-10H,1-2,4,6-8H2,(H,16,18)/t10-,14+/m0/s1. The molecule has 6 nitrogen and oxygen atoms in total. The summed E-state index contributed by atoms with van der Waals surface area (Å²) in [5.41, 5.74) is 0.0225. The molecule has 3 fully saturated rings. The lowest BCUT2D eigenvalue weighted by Crippen LogP contribution is -2.31. The van der Waals surface area contributed by atoms with Crippen LogP contribution in [0, 0.1) is 11.3 Å². The molecule has 2 heterocycles. The van der Waals surface area contributed by atoms with Crippen molar-refractivity contribution in [3.8, 4) is 0 Å². The predicted octanol–water partition coefficient (Wildman–Crippen LogP) is 0.805. The molecular weight excluding hydrogens is 258 g/mol. The Morgan fingerprint density at radius 3 is 3.00 bits per heavy atom. The molecule has 1 spiro atoms. The van der Waals surface area contributed by atoms with Crippen molar-refractivity contribution in [1.29, 1.82) is 0 Å². The number of nitrogens with zero attached hydrogens (tertiary/aromatic N) is 2. The van der Waals surface area contributed by atoms with Gasteiger partial charge in [0.1, 0.15) is 0 Å². The molecule has 1 N–H and O–H groups in total. The maximum absolute atomic E-state index is 12.2. The maximum atomic E-state index is 12.2. The molecule has 1 aliphatic heterocycles. The van der Waals surface area contributed by atoms with Gasteiger partial charge in [0.2, 0.25) is 11.7 Å². The van der Waals surface area contributed by atoms with Gasteiger partial charge in [-0.25, -0.2) is 0 Å². The maximum Gasteiger partial charge on any atom is 0.292 e. The van der Waals surface area contributed by atoms with E-state index >= 15 is 0 Å². The smallest absolute Gasteiger partial charge is 0.292 e. The largest absolute Gasteiger partial charge is 0.353 e. The number of aromatic nitrogens is 1. The topological polar surface area (TPSA) is 75.4 Å². The van der Waals surface area contributed by atoms with Crippen LogP contribution in [0.15, 0.2) is 16.8 Å². The SMILES string of the molecule is O=C(NC1CC1)[C@@H]1C[C@@]12CCN(C(=O)c1ccno1)C2. The minimum absolute atomic E-state index is 0.0225. The van der Waals surface area contributed by atoms with Crippen LogP contribution in [0.5, 0.6) is 0 Å². The molecule has 0 bridgehead atoms. The van der Waals surface area contributed by atoms with E-state index in [1.165, 1.54) is 6.20 Å². The van der Waals surface area contributed by atoms with Crippen LogP contribution in [0.1, 0.15) is 36.2 Å². The lowest BCUT2D eigenvalue weighted by molar-refractivity contribution is -0.123. The Hall–Kier alpha value is -1.85. The number of rotatable bonds is 3. The van der Waals surface area contributed by atoms with E-state index in [-0.39, 0.29) is 28.9 Å². The Bertz CT molecular complexity index is 552. The van der Waals surface area contributed by atoms with Gasteiger partial charge in [0, 0.05) is 36.5 Å². The highest BCUT2D eigenvalue weighted by Gasteiger charge is 2.61. The quantitative estimate of drug-likeness (QED) is 0.885. The number of amides is 2. The van der Waals surface area contributed by atoms with Crippen molar-refractivity contribution in [2.24, 2.45) is 11.3 Å². The van der Waals surface area contributed by atoms with Gasteiger partial charge in [-0.15, -0.1) is 0 Å². The fourth-order valence-corrected chi connectivity index (χ4v) is 3.25. The molecule has 0 aromatic carbocycles. The summed E-state index contributed by atoms with van der Waals surface area (Å²) in [6.45, 7) is 1.36. The highest BCUT2D eigenvalue weighted by Crippen LogP contribution is 2.58. The fourth-order valence-electron chi connectivity index (χ4n) is 3.25. The van der Waals surface area contributed by atoms with Crippen molar-refractivity contribution in [2.75, 3.05) is 13.1 Å². The summed E-state index contributed by atoms with van der Waals surface area (Å²) in [5, 5.41) is 6.63. The second kappa shape index (κ2) is 4.07. The first-order chi connectivity index (χ1) is 9.68. The van der Waals surface area contributed by atoms with Crippen LogP contribution >= 0.6 is 0 Å². The Morgan fingerprint density at radius 1 is 1.45 bits per heavy atom. The molecule has 3 aliphatic rings. The molecule has 1 aromatic rings. The van der Waals surface area contributed by atoms with Crippen molar-refractivity contribution in [3.63, 3.8) is 0 Å². The van der Waals surface area contributed by atoms with Crippen LogP contribution < -0.4 is 5.32 Å². The Labute approximate surface area is 116 Å². The Morgan fingerprint density at radius 2 is 2.30 bits per heavy atom. The van der Waals surface area contributed by atoms with Crippen LogP contribution in [0.4, 0.5) is 0 Å². The second-order valence-corrected chi connectivity index (χ2v) is 6.26. The highest BCUT2D eigenvalue weighted by atomic mass is 16.5. The summed E-state index contributed by atoms with van der Waals surface area (Å²) in [4.78, 5) is 26.0. The zero-order valence-electron chi connectivity index (χ0n) is 11.2. The van der Waals surface area contributed by atoms with Crippen molar-refractivity contribution >= 4 is 11.8 Å². The number of nitrogens with one attached hydrogen (secondary N) is 1. The second-order valence-electron chi connectivity index (χ2n) is 6.26. The monoisotopic (exact) mass is 275 g/mol. The van der Waals surface area contributed by atoms with Gasteiger partial charge in [-0.1, -0.05) is 5.16 Å². The minimum Gasteiger partial charge on any atom is -0.353 e. The van der Waals surface area contributed by atoms with Crippen LogP contribution in [-0.2, 0) is 4.79 Å². The van der Waals surface area contributed by atoms with E-state index in [9.17, 15) is 9.59 Å². The summed E-state index contributed by atoms with van der Waals surface area (Å²) >= 11 is 0. The van der Waals surface area contributed by atoms with E-state index in [4.69, 9.17) is 4.52 Å². The fraction of sp³-hybridized carbons (Fsp3) is 0.643. The van der Waals surface area contributed by atoms with E-state index in [0.717, 1.165) is 25.7 Å². The zero-order valence-corrected chi connectivity index (χ0v) is 11.2. The van der Waals surface area contributed by atoms with E-state index in [2.05, 4.69) is 10.5 Å². The molecule has 1 saturated heterocycles. The molecule has 2 amide bonds. The van der Waals surface area contributed by atoms with Gasteiger partial charge >= 0.3 is 0 Å². The molecule has 1 aromatic heterocycles. The molecule has 0 radical (unpaired) electrons. The van der Waals surface area contributed by atoms with Gasteiger partial charge in [-0.05, 0) is 25.7 Å². The number of carbonyl (C=O) groups excluding carboxylic acids is 2. The summed E-state index contributed by atoms with van der Waals surface area (Å²) in [7, 11) is 0. The summed E-state index contributed by atoms with van der Waals surface area (Å²) < 4.78 is 4.91. The van der Waals surface area contributed by atoms with E-state index in [1.807, 2.05) is 0 Å². The van der Waals surface area contributed by atoms with E-state index in [0.29, 0.717) is 19.1 Å². The number of hydrogen-bond acceptors (Lipinski definition) is 4. The van der Waals surface area contributed by atoms with Gasteiger partial charge in [0.05, 0.1) is 6.20 Å². The van der Waals surface area contributed by atoms with Crippen LogP contribution in [0.25, 0.3) is 0 Å². The third-order valence-corrected chi connectivity index (χ3v) is 4.75.